The lowest BCUT2D eigenvalue weighted by Crippen LogP contribution is -2.25. The second-order valence-corrected chi connectivity index (χ2v) is 6.79. The molecule has 7 nitrogen and oxygen atoms in total. The summed E-state index contributed by atoms with van der Waals surface area (Å²) in [7, 11) is 2.92. The Morgan fingerprint density at radius 2 is 1.89 bits per heavy atom. The molecule has 1 aliphatic heterocycles. The predicted molar refractivity (Wildman–Crippen MR) is 105 cm³/mol. The quantitative estimate of drug-likeness (QED) is 0.698. The summed E-state index contributed by atoms with van der Waals surface area (Å²) < 4.78 is 12.3. The van der Waals surface area contributed by atoms with Gasteiger partial charge in [0.05, 0.1) is 30.6 Å². The number of phenolic OH excluding ortho intramolecular Hbond substituents is 1. The Morgan fingerprint density at radius 3 is 2.54 bits per heavy atom. The standard InChI is InChI=1S/C20H18ClN3O4/c1-27-15-7-11(8-16(28-2)19(15)26)12-9-17(25)23-20-18(12)22-10-24(20)14-6-4-3-5-13(14)21/h3-8,10,12,26H,9H2,1-2H3,(H,23,25)/t12-/m1/s1. The van der Waals surface area contributed by atoms with Crippen molar-refractivity contribution in [3.63, 3.8) is 0 Å². The fourth-order valence-corrected chi connectivity index (χ4v) is 3.65. The van der Waals surface area contributed by atoms with E-state index in [1.165, 1.54) is 14.2 Å². The van der Waals surface area contributed by atoms with Crippen molar-refractivity contribution >= 4 is 23.3 Å². The molecule has 1 amide bonds. The highest BCUT2D eigenvalue weighted by molar-refractivity contribution is 6.32. The maximum absolute atomic E-state index is 12.5. The third kappa shape index (κ3) is 2.93. The molecule has 0 spiro atoms. The van der Waals surface area contributed by atoms with E-state index < -0.39 is 0 Å². The first kappa shape index (κ1) is 18.2. The number of imidazole rings is 1. The molecule has 0 unspecified atom stereocenters. The first-order valence-corrected chi connectivity index (χ1v) is 8.98. The summed E-state index contributed by atoms with van der Waals surface area (Å²) in [4.78, 5) is 17.0. The summed E-state index contributed by atoms with van der Waals surface area (Å²) in [5.74, 6) is 0.559. The van der Waals surface area contributed by atoms with Gasteiger partial charge in [-0.2, -0.15) is 0 Å². The fraction of sp³-hybridized carbons (Fsp3) is 0.200. The molecule has 1 aliphatic rings. The average Bonchev–Trinajstić information content (AvgIpc) is 3.11. The predicted octanol–water partition coefficient (Wildman–Crippen LogP) is 3.72. The highest BCUT2D eigenvalue weighted by Crippen LogP contribution is 2.44. The normalized spacial score (nSPS) is 15.7. The van der Waals surface area contributed by atoms with E-state index >= 15 is 0 Å². The van der Waals surface area contributed by atoms with Gasteiger partial charge in [0.1, 0.15) is 12.1 Å². The van der Waals surface area contributed by atoms with Crippen molar-refractivity contribution in [2.24, 2.45) is 0 Å². The molecule has 1 aromatic heterocycles. The van der Waals surface area contributed by atoms with Crippen LogP contribution in [0.5, 0.6) is 17.2 Å². The number of phenols is 1. The van der Waals surface area contributed by atoms with Crippen molar-refractivity contribution in [1.29, 1.82) is 0 Å². The van der Waals surface area contributed by atoms with Crippen LogP contribution in [-0.4, -0.2) is 34.8 Å². The molecule has 4 rings (SSSR count). The van der Waals surface area contributed by atoms with Crippen molar-refractivity contribution in [2.75, 3.05) is 19.5 Å². The Balaban J connectivity index is 1.85. The van der Waals surface area contributed by atoms with Gasteiger partial charge in [0, 0.05) is 12.3 Å². The molecule has 0 aliphatic carbocycles. The number of aromatic nitrogens is 2. The van der Waals surface area contributed by atoms with Crippen LogP contribution >= 0.6 is 11.6 Å². The van der Waals surface area contributed by atoms with Crippen LogP contribution in [0.25, 0.3) is 5.69 Å². The number of fused-ring (bicyclic) bond motifs is 1. The first-order chi connectivity index (χ1) is 13.5. The minimum atomic E-state index is -0.323. The number of hydrogen-bond acceptors (Lipinski definition) is 5. The number of rotatable bonds is 4. The van der Waals surface area contributed by atoms with Crippen molar-refractivity contribution in [3.8, 4) is 22.9 Å². The third-order valence-electron chi connectivity index (χ3n) is 4.79. The first-order valence-electron chi connectivity index (χ1n) is 8.60. The van der Waals surface area contributed by atoms with E-state index in [2.05, 4.69) is 10.3 Å². The Bertz CT molecular complexity index is 1040. The molecule has 0 saturated carbocycles. The van der Waals surface area contributed by atoms with Gasteiger partial charge >= 0.3 is 0 Å². The average molecular weight is 400 g/mol. The monoisotopic (exact) mass is 399 g/mol. The Morgan fingerprint density at radius 1 is 1.21 bits per heavy atom. The summed E-state index contributed by atoms with van der Waals surface area (Å²) in [5.41, 5.74) is 2.18. The number of methoxy groups -OCH3 is 2. The smallest absolute Gasteiger partial charge is 0.226 e. The lowest BCUT2D eigenvalue weighted by molar-refractivity contribution is -0.116. The van der Waals surface area contributed by atoms with Gasteiger partial charge in [-0.1, -0.05) is 23.7 Å². The number of anilines is 1. The summed E-state index contributed by atoms with van der Waals surface area (Å²) >= 11 is 6.32. The molecule has 1 atom stereocenters. The number of carbonyl (C=O) groups is 1. The van der Waals surface area contributed by atoms with Crippen molar-refractivity contribution in [1.82, 2.24) is 9.55 Å². The van der Waals surface area contributed by atoms with Gasteiger partial charge in [-0.05, 0) is 29.8 Å². The molecule has 2 heterocycles. The van der Waals surface area contributed by atoms with Crippen LogP contribution < -0.4 is 14.8 Å². The Kier molecular flexibility index (Phi) is 4.60. The number of nitrogens with one attached hydrogen (secondary N) is 1. The number of para-hydroxylation sites is 1. The van der Waals surface area contributed by atoms with E-state index in [0.717, 1.165) is 11.3 Å². The highest BCUT2D eigenvalue weighted by Gasteiger charge is 2.32. The van der Waals surface area contributed by atoms with E-state index in [9.17, 15) is 9.90 Å². The van der Waals surface area contributed by atoms with Gasteiger partial charge in [-0.3, -0.25) is 9.36 Å². The summed E-state index contributed by atoms with van der Waals surface area (Å²) in [6.45, 7) is 0. The van der Waals surface area contributed by atoms with Crippen LogP contribution in [0.1, 0.15) is 23.6 Å². The van der Waals surface area contributed by atoms with Crippen molar-refractivity contribution in [3.05, 3.63) is 59.0 Å². The van der Waals surface area contributed by atoms with E-state index in [-0.39, 0.29) is 35.5 Å². The minimum Gasteiger partial charge on any atom is -0.502 e. The number of aromatic hydroxyl groups is 1. The van der Waals surface area contributed by atoms with Crippen LogP contribution in [-0.2, 0) is 4.79 Å². The van der Waals surface area contributed by atoms with Crippen LogP contribution in [0.4, 0.5) is 5.82 Å². The van der Waals surface area contributed by atoms with Gasteiger partial charge in [0.15, 0.2) is 11.5 Å². The number of benzene rings is 2. The highest BCUT2D eigenvalue weighted by atomic mass is 35.5. The summed E-state index contributed by atoms with van der Waals surface area (Å²) in [6.07, 6.45) is 1.85. The number of ether oxygens (including phenoxy) is 2. The number of halogens is 1. The van der Waals surface area contributed by atoms with E-state index in [4.69, 9.17) is 21.1 Å². The van der Waals surface area contributed by atoms with Crippen LogP contribution in [0.2, 0.25) is 5.02 Å². The molecule has 2 aromatic carbocycles. The Hall–Kier alpha value is -3.19. The molecule has 28 heavy (non-hydrogen) atoms. The van der Waals surface area contributed by atoms with Gasteiger partial charge in [0.2, 0.25) is 11.7 Å². The maximum atomic E-state index is 12.5. The van der Waals surface area contributed by atoms with Crippen LogP contribution in [0.3, 0.4) is 0 Å². The zero-order valence-corrected chi connectivity index (χ0v) is 16.0. The Labute approximate surface area is 166 Å². The lowest BCUT2D eigenvalue weighted by Gasteiger charge is -2.24. The second kappa shape index (κ2) is 7.09. The van der Waals surface area contributed by atoms with Gasteiger partial charge in [0.25, 0.3) is 0 Å². The number of nitrogens with zero attached hydrogens (tertiary/aromatic N) is 2. The van der Waals surface area contributed by atoms with Gasteiger partial charge < -0.3 is 19.9 Å². The second-order valence-electron chi connectivity index (χ2n) is 6.38. The molecule has 0 radical (unpaired) electrons. The zero-order valence-electron chi connectivity index (χ0n) is 15.3. The van der Waals surface area contributed by atoms with Crippen LogP contribution in [0, 0.1) is 0 Å². The molecular weight excluding hydrogens is 382 g/mol. The zero-order chi connectivity index (χ0) is 19.8. The molecule has 0 fully saturated rings. The molecule has 2 N–H and O–H groups in total. The summed E-state index contributed by atoms with van der Waals surface area (Å²) in [5, 5.41) is 13.6. The van der Waals surface area contributed by atoms with Gasteiger partial charge in [-0.15, -0.1) is 0 Å². The van der Waals surface area contributed by atoms with Gasteiger partial charge in [-0.25, -0.2) is 4.98 Å². The van der Waals surface area contributed by atoms with Crippen LogP contribution in [0.15, 0.2) is 42.7 Å². The van der Waals surface area contributed by atoms with E-state index in [1.807, 2.05) is 18.2 Å². The lowest BCUT2D eigenvalue weighted by atomic mass is 9.89. The SMILES string of the molecule is COc1cc([C@H]2CC(=O)Nc3c2ncn3-c2ccccc2Cl)cc(OC)c1O. The number of hydrogen-bond donors (Lipinski definition) is 2. The molecular formula is C20H18ClN3O4. The van der Waals surface area contributed by atoms with Crippen molar-refractivity contribution in [2.45, 2.75) is 12.3 Å². The molecule has 8 heteroatoms. The summed E-state index contributed by atoms with van der Waals surface area (Å²) in [6, 6.07) is 10.7. The third-order valence-corrected chi connectivity index (χ3v) is 5.11. The topological polar surface area (TPSA) is 85.6 Å². The minimum absolute atomic E-state index is 0.0872. The number of amides is 1. The molecule has 3 aromatic rings. The molecule has 0 bridgehead atoms. The maximum Gasteiger partial charge on any atom is 0.226 e. The van der Waals surface area contributed by atoms with E-state index in [1.54, 1.807) is 29.1 Å². The number of carbonyl (C=O) groups excluding carboxylic acids is 1. The molecule has 0 saturated heterocycles. The fourth-order valence-electron chi connectivity index (χ4n) is 3.43. The van der Waals surface area contributed by atoms with Crippen molar-refractivity contribution < 1.29 is 19.4 Å². The van der Waals surface area contributed by atoms with E-state index in [0.29, 0.717) is 16.5 Å². The molecule has 144 valence electrons. The largest absolute Gasteiger partial charge is 0.502 e.